The van der Waals surface area contributed by atoms with E-state index in [2.05, 4.69) is 26.6 Å². The van der Waals surface area contributed by atoms with E-state index in [1.807, 2.05) is 18.3 Å². The van der Waals surface area contributed by atoms with Gasteiger partial charge in [0.15, 0.2) is 5.15 Å². The Labute approximate surface area is 127 Å². The van der Waals surface area contributed by atoms with Crippen LogP contribution in [0.3, 0.4) is 0 Å². The number of halogens is 1. The van der Waals surface area contributed by atoms with Gasteiger partial charge in [-0.25, -0.2) is 4.68 Å². The fourth-order valence-electron chi connectivity index (χ4n) is 1.64. The largest absolute Gasteiger partial charge is 0.340 e. The Morgan fingerprint density at radius 1 is 1.55 bits per heavy atom. The molecule has 0 saturated carbocycles. The number of rotatable bonds is 5. The van der Waals surface area contributed by atoms with Crippen molar-refractivity contribution in [3.63, 3.8) is 0 Å². The summed E-state index contributed by atoms with van der Waals surface area (Å²) in [6.07, 6.45) is 8.23. The molecule has 5 nitrogen and oxygen atoms in total. The van der Waals surface area contributed by atoms with Gasteiger partial charge in [0.2, 0.25) is 0 Å². The lowest BCUT2D eigenvalue weighted by Gasteiger charge is -2.06. The molecular formula is C13H16ClN5S. The van der Waals surface area contributed by atoms with Crippen LogP contribution in [0.5, 0.6) is 0 Å². The molecule has 0 radical (unpaired) electrons. The van der Waals surface area contributed by atoms with Crippen LogP contribution in [0.15, 0.2) is 35.7 Å². The molecule has 0 aliphatic heterocycles. The summed E-state index contributed by atoms with van der Waals surface area (Å²) >= 11 is 7.93. The maximum absolute atomic E-state index is 6.15. The summed E-state index contributed by atoms with van der Waals surface area (Å²) < 4.78 is 1.69. The molecule has 0 amide bonds. The molecule has 7 heteroatoms. The molecule has 106 valence electrons. The monoisotopic (exact) mass is 309 g/mol. The maximum atomic E-state index is 6.15. The van der Waals surface area contributed by atoms with Crippen LogP contribution in [0.25, 0.3) is 5.69 Å². The van der Waals surface area contributed by atoms with Crippen molar-refractivity contribution in [1.82, 2.24) is 14.8 Å². The van der Waals surface area contributed by atoms with Crippen molar-refractivity contribution in [1.29, 1.82) is 0 Å². The molecule has 0 saturated heterocycles. The Bertz CT molecular complexity index is 582. The quantitative estimate of drug-likeness (QED) is 0.681. The number of anilines is 1. The van der Waals surface area contributed by atoms with Crippen LogP contribution in [-0.4, -0.2) is 39.7 Å². The van der Waals surface area contributed by atoms with Gasteiger partial charge in [-0.1, -0.05) is 11.6 Å². The third kappa shape index (κ3) is 3.74. The molecular weight excluding hydrogens is 294 g/mol. The molecule has 2 aromatic heterocycles. The van der Waals surface area contributed by atoms with Gasteiger partial charge in [-0.05, 0) is 18.4 Å². The molecule has 1 N–H and O–H groups in total. The van der Waals surface area contributed by atoms with Gasteiger partial charge in [0, 0.05) is 25.4 Å². The van der Waals surface area contributed by atoms with E-state index in [0.29, 0.717) is 5.15 Å². The van der Waals surface area contributed by atoms with Crippen molar-refractivity contribution >= 4 is 34.9 Å². The van der Waals surface area contributed by atoms with Crippen molar-refractivity contribution in [2.24, 2.45) is 4.99 Å². The van der Waals surface area contributed by atoms with Gasteiger partial charge in [0.1, 0.15) is 5.84 Å². The molecule has 2 heterocycles. The zero-order chi connectivity index (χ0) is 14.4. The Hall–Kier alpha value is -1.53. The van der Waals surface area contributed by atoms with E-state index >= 15 is 0 Å². The first-order valence-corrected chi connectivity index (χ1v) is 7.89. The number of amidine groups is 1. The minimum absolute atomic E-state index is 0.416. The number of nitrogens with zero attached hydrogens (tertiary/aromatic N) is 4. The summed E-state index contributed by atoms with van der Waals surface area (Å²) in [4.78, 5) is 8.29. The van der Waals surface area contributed by atoms with Crippen molar-refractivity contribution in [3.8, 4) is 5.69 Å². The van der Waals surface area contributed by atoms with E-state index in [1.165, 1.54) is 0 Å². The molecule has 0 aromatic carbocycles. The number of hydrogen-bond donors (Lipinski definition) is 1. The predicted octanol–water partition coefficient (Wildman–Crippen LogP) is 3.11. The summed E-state index contributed by atoms with van der Waals surface area (Å²) in [6, 6.07) is 3.78. The van der Waals surface area contributed by atoms with E-state index in [1.54, 1.807) is 35.9 Å². The minimum Gasteiger partial charge on any atom is -0.340 e. The van der Waals surface area contributed by atoms with Crippen molar-refractivity contribution in [2.45, 2.75) is 6.42 Å². The van der Waals surface area contributed by atoms with Crippen LogP contribution in [-0.2, 0) is 0 Å². The highest BCUT2D eigenvalue weighted by Crippen LogP contribution is 2.22. The van der Waals surface area contributed by atoms with Gasteiger partial charge in [0.25, 0.3) is 0 Å². The second-order valence-corrected chi connectivity index (χ2v) is 5.37. The molecule has 0 unspecified atom stereocenters. The van der Waals surface area contributed by atoms with Gasteiger partial charge in [-0.3, -0.25) is 9.98 Å². The van der Waals surface area contributed by atoms with Gasteiger partial charge >= 0.3 is 0 Å². The van der Waals surface area contributed by atoms with Gasteiger partial charge in [-0.15, -0.1) is 0 Å². The number of aromatic nitrogens is 3. The lowest BCUT2D eigenvalue weighted by atomic mass is 10.4. The standard InChI is InChI=1S/C13H16ClN5S/c1-15-12(5-7-20-2)17-11-9-19(18-13(11)14)10-4-3-6-16-8-10/h3-4,6,8-9H,5,7H2,1-2H3,(H,15,17). The second-order valence-electron chi connectivity index (χ2n) is 4.03. The number of nitrogens with one attached hydrogen (secondary N) is 1. The number of aliphatic imine (C=N–C) groups is 1. The molecule has 0 aliphatic rings. The highest BCUT2D eigenvalue weighted by Gasteiger charge is 2.10. The van der Waals surface area contributed by atoms with Crippen LogP contribution < -0.4 is 5.32 Å². The maximum Gasteiger partial charge on any atom is 0.174 e. The number of pyridine rings is 1. The average Bonchev–Trinajstić information content (AvgIpc) is 2.85. The van der Waals surface area contributed by atoms with E-state index in [4.69, 9.17) is 11.6 Å². The van der Waals surface area contributed by atoms with E-state index in [9.17, 15) is 0 Å². The third-order valence-corrected chi connectivity index (χ3v) is 3.56. The van der Waals surface area contributed by atoms with Crippen LogP contribution in [0.4, 0.5) is 5.69 Å². The predicted molar refractivity (Wildman–Crippen MR) is 86.3 cm³/mol. The molecule has 0 atom stereocenters. The molecule has 2 aromatic rings. The lowest BCUT2D eigenvalue weighted by Crippen LogP contribution is -2.12. The van der Waals surface area contributed by atoms with Crippen LogP contribution in [0.2, 0.25) is 5.15 Å². The highest BCUT2D eigenvalue weighted by molar-refractivity contribution is 7.98. The minimum atomic E-state index is 0.416. The Morgan fingerprint density at radius 2 is 2.40 bits per heavy atom. The molecule has 2 rings (SSSR count). The van der Waals surface area contributed by atoms with Gasteiger partial charge < -0.3 is 5.32 Å². The number of thioether (sulfide) groups is 1. The Balaban J connectivity index is 2.16. The molecule has 20 heavy (non-hydrogen) atoms. The summed E-state index contributed by atoms with van der Waals surface area (Å²) in [5.74, 6) is 1.90. The first-order valence-electron chi connectivity index (χ1n) is 6.11. The van der Waals surface area contributed by atoms with Gasteiger partial charge in [-0.2, -0.15) is 16.9 Å². The molecule has 0 aliphatic carbocycles. The van der Waals surface area contributed by atoms with E-state index in [0.717, 1.165) is 29.4 Å². The molecule has 0 fully saturated rings. The summed E-state index contributed by atoms with van der Waals surface area (Å²) in [5.41, 5.74) is 1.61. The first-order chi connectivity index (χ1) is 9.74. The average molecular weight is 310 g/mol. The first kappa shape index (κ1) is 14.9. The molecule has 0 bridgehead atoms. The van der Waals surface area contributed by atoms with Gasteiger partial charge in [0.05, 0.1) is 23.8 Å². The highest BCUT2D eigenvalue weighted by atomic mass is 35.5. The second kappa shape index (κ2) is 7.31. The Kier molecular flexibility index (Phi) is 5.43. The third-order valence-electron chi connectivity index (χ3n) is 2.67. The van der Waals surface area contributed by atoms with Crippen LogP contribution >= 0.6 is 23.4 Å². The van der Waals surface area contributed by atoms with Crippen molar-refractivity contribution in [3.05, 3.63) is 35.9 Å². The van der Waals surface area contributed by atoms with Crippen molar-refractivity contribution < 1.29 is 0 Å². The van der Waals surface area contributed by atoms with E-state index in [-0.39, 0.29) is 0 Å². The zero-order valence-corrected chi connectivity index (χ0v) is 12.9. The van der Waals surface area contributed by atoms with Crippen molar-refractivity contribution in [2.75, 3.05) is 24.4 Å². The Morgan fingerprint density at radius 3 is 3.05 bits per heavy atom. The fourth-order valence-corrected chi connectivity index (χ4v) is 2.22. The van der Waals surface area contributed by atoms with Crippen LogP contribution in [0.1, 0.15) is 6.42 Å². The summed E-state index contributed by atoms with van der Waals surface area (Å²) in [5, 5.41) is 7.91. The zero-order valence-electron chi connectivity index (χ0n) is 11.4. The van der Waals surface area contributed by atoms with Crippen LogP contribution in [0, 0.1) is 0 Å². The lowest BCUT2D eigenvalue weighted by molar-refractivity contribution is 0.874. The smallest absolute Gasteiger partial charge is 0.174 e. The molecule has 0 spiro atoms. The fraction of sp³-hybridized carbons (Fsp3) is 0.308. The summed E-state index contributed by atoms with van der Waals surface area (Å²) in [6.45, 7) is 0. The summed E-state index contributed by atoms with van der Waals surface area (Å²) in [7, 11) is 1.77. The topological polar surface area (TPSA) is 55.1 Å². The SMILES string of the molecule is CN=C(CCSC)Nc1cn(-c2cccnc2)nc1Cl. The van der Waals surface area contributed by atoms with E-state index < -0.39 is 0 Å². The normalized spacial score (nSPS) is 11.7. The number of hydrogen-bond acceptors (Lipinski definition) is 4.